The van der Waals surface area contributed by atoms with E-state index in [0.717, 1.165) is 0 Å². The first-order chi connectivity index (χ1) is 8.79. The number of thiocyanates is 1. The Bertz CT molecular complexity index is 303. The van der Waals surface area contributed by atoms with Crippen LogP contribution in [0.3, 0.4) is 0 Å². The van der Waals surface area contributed by atoms with Crippen LogP contribution < -0.4 is 4.57 Å². The molecule has 0 amide bonds. The number of rotatable bonds is 8. The second-order valence-electron chi connectivity index (χ2n) is 4.44. The van der Waals surface area contributed by atoms with Crippen molar-refractivity contribution in [1.82, 2.24) is 4.98 Å². The maximum absolute atomic E-state index is 7.13. The average molecular weight is 267 g/mol. The second kappa shape index (κ2) is 12.4. The monoisotopic (exact) mass is 267 g/mol. The first-order valence-corrected chi connectivity index (χ1v) is 7.25. The molecule has 1 N–H and O–H groups in total. The molecule has 3 nitrogen and oxygen atoms in total. The van der Waals surface area contributed by atoms with Gasteiger partial charge in [-0.1, -0.05) is 44.9 Å². The predicted octanol–water partition coefficient (Wildman–Crippen LogP) is 3.63. The van der Waals surface area contributed by atoms with Gasteiger partial charge in [0.25, 0.3) is 0 Å². The van der Waals surface area contributed by atoms with E-state index in [-0.39, 0.29) is 0 Å². The van der Waals surface area contributed by atoms with Crippen LogP contribution in [0.4, 0.5) is 0 Å². The Morgan fingerprint density at radius 2 is 1.94 bits per heavy atom. The fourth-order valence-corrected chi connectivity index (χ4v) is 2.11. The van der Waals surface area contributed by atoms with Gasteiger partial charge >= 0.3 is 0 Å². The molecule has 1 heterocycles. The van der Waals surface area contributed by atoms with Gasteiger partial charge in [0.15, 0.2) is 0 Å². The molecule has 0 spiro atoms. The zero-order valence-corrected chi connectivity index (χ0v) is 12.4. The highest BCUT2D eigenvalue weighted by molar-refractivity contribution is 7.64. The number of aromatic amines is 1. The summed E-state index contributed by atoms with van der Waals surface area (Å²) in [4.78, 5) is 3.13. The van der Waals surface area contributed by atoms with Crippen LogP contribution >= 0.6 is 0 Å². The molecule has 1 atom stereocenters. The molecular formula is C14H25N3S. The fourth-order valence-electron chi connectivity index (χ4n) is 2.11. The minimum atomic E-state index is 0.707. The lowest BCUT2D eigenvalue weighted by molar-refractivity contribution is -0.723. The molecule has 0 saturated heterocycles. The van der Waals surface area contributed by atoms with Crippen LogP contribution in [-0.4, -0.2) is 4.98 Å². The Hall–Kier alpha value is -1.08. The molecular weight excluding hydrogens is 242 g/mol. The third-order valence-corrected chi connectivity index (χ3v) is 3.00. The third kappa shape index (κ3) is 8.08. The highest BCUT2D eigenvalue weighted by Crippen LogP contribution is 2.15. The first-order valence-electron chi connectivity index (χ1n) is 6.84. The van der Waals surface area contributed by atoms with Crippen LogP contribution in [0.25, 0.3) is 0 Å². The van der Waals surface area contributed by atoms with Gasteiger partial charge in [0.1, 0.15) is 18.4 Å². The largest absolute Gasteiger partial charge is 0.696 e. The van der Waals surface area contributed by atoms with Gasteiger partial charge in [0, 0.05) is 0 Å². The van der Waals surface area contributed by atoms with E-state index < -0.39 is 0 Å². The number of nitriles is 1. The minimum absolute atomic E-state index is 0.707. The molecule has 0 aliphatic heterocycles. The van der Waals surface area contributed by atoms with E-state index in [2.05, 4.69) is 48.6 Å². The van der Waals surface area contributed by atoms with Gasteiger partial charge in [0.05, 0.1) is 0 Å². The Morgan fingerprint density at radius 1 is 1.22 bits per heavy atom. The summed E-state index contributed by atoms with van der Waals surface area (Å²) in [5.74, 6) is 0. The Balaban J connectivity index is 0.000000873. The Morgan fingerprint density at radius 3 is 2.44 bits per heavy atom. The van der Waals surface area contributed by atoms with Crippen molar-refractivity contribution in [2.75, 3.05) is 0 Å². The van der Waals surface area contributed by atoms with Crippen molar-refractivity contribution < 1.29 is 4.57 Å². The highest BCUT2D eigenvalue weighted by atomic mass is 32.1. The summed E-state index contributed by atoms with van der Waals surface area (Å²) in [7, 11) is 0. The molecule has 0 aliphatic rings. The van der Waals surface area contributed by atoms with E-state index in [4.69, 9.17) is 5.26 Å². The molecule has 1 rings (SSSR count). The van der Waals surface area contributed by atoms with Gasteiger partial charge in [0.2, 0.25) is 6.33 Å². The van der Waals surface area contributed by atoms with Crippen molar-refractivity contribution >= 4 is 12.6 Å². The van der Waals surface area contributed by atoms with Crippen molar-refractivity contribution in [2.24, 2.45) is 0 Å². The first kappa shape index (κ1) is 16.9. The number of unbranched alkanes of at least 4 members (excludes halogenated alkanes) is 3. The van der Waals surface area contributed by atoms with Crippen molar-refractivity contribution in [1.29, 1.82) is 5.26 Å². The molecule has 0 saturated carbocycles. The maximum Gasteiger partial charge on any atom is 0.241 e. The standard InChI is InChI=1S/C13H24N2.CHNS/c1-3-5-6-7-9-13(8-4-2)15-11-10-14-12-15;2-1-3/h10-13H,3-9H2,1-2H3;3H. The Kier molecular flexibility index (Phi) is 11.6. The molecule has 0 radical (unpaired) electrons. The number of hydrogen-bond acceptors (Lipinski definition) is 2. The molecule has 102 valence electrons. The minimum Gasteiger partial charge on any atom is -0.696 e. The summed E-state index contributed by atoms with van der Waals surface area (Å²) in [6.45, 7) is 4.54. The van der Waals surface area contributed by atoms with Gasteiger partial charge in [-0.3, -0.25) is 4.98 Å². The molecule has 1 aromatic rings. The smallest absolute Gasteiger partial charge is 0.241 e. The normalized spacial score (nSPS) is 11.2. The van der Waals surface area contributed by atoms with E-state index in [1.165, 1.54) is 50.3 Å². The number of aromatic nitrogens is 2. The summed E-state index contributed by atoms with van der Waals surface area (Å²) in [6.07, 6.45) is 15.6. The molecule has 0 fully saturated rings. The number of hydrogen-bond donors (Lipinski definition) is 1. The van der Waals surface area contributed by atoms with Gasteiger partial charge in [-0.05, 0) is 19.3 Å². The number of nitrogens with one attached hydrogen (secondary N) is 1. The molecule has 18 heavy (non-hydrogen) atoms. The summed E-state index contributed by atoms with van der Waals surface area (Å²) in [5.41, 5.74) is 0. The van der Waals surface area contributed by atoms with E-state index >= 15 is 0 Å². The average Bonchev–Trinajstić information content (AvgIpc) is 2.88. The van der Waals surface area contributed by atoms with Crippen LogP contribution in [0.5, 0.6) is 0 Å². The summed E-state index contributed by atoms with van der Waals surface area (Å²) in [5, 5.41) is 8.47. The van der Waals surface area contributed by atoms with E-state index in [9.17, 15) is 0 Å². The Labute approximate surface area is 117 Å². The van der Waals surface area contributed by atoms with Crippen molar-refractivity contribution in [2.45, 2.75) is 64.8 Å². The number of H-pyrrole nitrogens is 1. The van der Waals surface area contributed by atoms with Crippen molar-refractivity contribution in [3.63, 3.8) is 0 Å². The lowest BCUT2D eigenvalue weighted by atomic mass is 10.0. The van der Waals surface area contributed by atoms with Crippen molar-refractivity contribution in [3.05, 3.63) is 18.7 Å². The van der Waals surface area contributed by atoms with Crippen molar-refractivity contribution in [3.8, 4) is 5.40 Å². The summed E-state index contributed by atoms with van der Waals surface area (Å²) >= 11 is 3.70. The maximum atomic E-state index is 7.13. The topological polar surface area (TPSA) is 43.5 Å². The molecule has 0 bridgehead atoms. The lowest BCUT2D eigenvalue weighted by Crippen LogP contribution is -2.36. The van der Waals surface area contributed by atoms with Crippen LogP contribution in [0.1, 0.15) is 64.8 Å². The second-order valence-corrected chi connectivity index (χ2v) is 4.62. The van der Waals surface area contributed by atoms with Crippen LogP contribution in [0, 0.1) is 10.7 Å². The van der Waals surface area contributed by atoms with E-state index in [1.807, 2.05) is 6.20 Å². The van der Waals surface area contributed by atoms with Crippen LogP contribution in [-0.2, 0) is 12.6 Å². The lowest BCUT2D eigenvalue weighted by Gasteiger charge is -2.12. The van der Waals surface area contributed by atoms with E-state index in [1.54, 1.807) is 0 Å². The highest BCUT2D eigenvalue weighted by Gasteiger charge is 2.13. The molecule has 0 aliphatic carbocycles. The number of imidazole rings is 1. The quantitative estimate of drug-likeness (QED) is 0.338. The molecule has 0 aromatic carbocycles. The van der Waals surface area contributed by atoms with Gasteiger partial charge in [-0.15, -0.1) is 0 Å². The fraction of sp³-hybridized carbons (Fsp3) is 0.714. The molecule has 1 aromatic heterocycles. The summed E-state index contributed by atoms with van der Waals surface area (Å²) < 4.78 is 2.33. The van der Waals surface area contributed by atoms with E-state index in [0.29, 0.717) is 6.04 Å². The zero-order valence-electron chi connectivity index (χ0n) is 11.6. The van der Waals surface area contributed by atoms with Crippen LogP contribution in [0.2, 0.25) is 0 Å². The predicted molar refractivity (Wildman–Crippen MR) is 76.7 cm³/mol. The zero-order chi connectivity index (χ0) is 13.6. The van der Waals surface area contributed by atoms with Crippen LogP contribution in [0.15, 0.2) is 18.7 Å². The molecule has 4 heteroatoms. The molecule has 1 unspecified atom stereocenters. The van der Waals surface area contributed by atoms with Gasteiger partial charge in [-0.25, -0.2) is 9.83 Å². The van der Waals surface area contributed by atoms with Gasteiger partial charge in [-0.2, -0.15) is 0 Å². The summed E-state index contributed by atoms with van der Waals surface area (Å²) in [6, 6.07) is 0.707. The SMILES string of the molecule is CCCCCCC(CCC)[n+]1cc[nH]c1.N#C[S-]. The third-order valence-electron chi connectivity index (χ3n) is 3.00. The van der Waals surface area contributed by atoms with Gasteiger partial charge < -0.3 is 12.6 Å². The number of nitrogens with zero attached hydrogens (tertiary/aromatic N) is 2.